The second kappa shape index (κ2) is 13.6. The number of para-hydroxylation sites is 1. The Morgan fingerprint density at radius 2 is 1.34 bits per heavy atom. The summed E-state index contributed by atoms with van der Waals surface area (Å²) in [7, 11) is -13.7. The molecule has 0 saturated heterocycles. The highest BCUT2D eigenvalue weighted by atomic mass is 32.2. The van der Waals surface area contributed by atoms with E-state index in [0.29, 0.717) is 22.9 Å². The van der Waals surface area contributed by atoms with Crippen molar-refractivity contribution in [1.29, 1.82) is 0 Å². The van der Waals surface area contributed by atoms with Crippen molar-refractivity contribution in [2.24, 2.45) is 20.5 Å². The van der Waals surface area contributed by atoms with Crippen LogP contribution in [0.25, 0.3) is 44.0 Å². The van der Waals surface area contributed by atoms with Crippen molar-refractivity contribution in [1.82, 2.24) is 9.97 Å². The lowest BCUT2D eigenvalue weighted by Gasteiger charge is -2.13. The van der Waals surface area contributed by atoms with E-state index in [1.807, 2.05) is 0 Å². The summed E-state index contributed by atoms with van der Waals surface area (Å²) >= 11 is 0. The van der Waals surface area contributed by atoms with Gasteiger partial charge in [-0.3, -0.25) is 13.7 Å². The van der Waals surface area contributed by atoms with Crippen molar-refractivity contribution in [2.75, 3.05) is 12.8 Å². The molecule has 286 valence electrons. The molecule has 8 N–H and O–H groups in total. The first-order chi connectivity index (χ1) is 26.4. The third kappa shape index (κ3) is 6.82. The van der Waals surface area contributed by atoms with Gasteiger partial charge in [-0.25, -0.2) is 4.98 Å². The van der Waals surface area contributed by atoms with Crippen molar-refractivity contribution < 1.29 is 53.9 Å². The van der Waals surface area contributed by atoms with Gasteiger partial charge in [0.25, 0.3) is 30.4 Å². The molecule has 6 aromatic carbocycles. The Kier molecular flexibility index (Phi) is 9.19. The Morgan fingerprint density at radius 3 is 2.04 bits per heavy atom. The van der Waals surface area contributed by atoms with E-state index < -0.39 is 73.3 Å². The average Bonchev–Trinajstić information content (AvgIpc) is 3.58. The lowest BCUT2D eigenvalue weighted by molar-refractivity contribution is 0.416. The van der Waals surface area contributed by atoms with Crippen LogP contribution in [0.3, 0.4) is 0 Å². The molecule has 0 fully saturated rings. The fourth-order valence-electron chi connectivity index (χ4n) is 5.94. The highest BCUT2D eigenvalue weighted by Gasteiger charge is 2.27. The van der Waals surface area contributed by atoms with Crippen LogP contribution in [0.4, 0.5) is 28.4 Å². The number of methoxy groups -OCH3 is 1. The van der Waals surface area contributed by atoms with Crippen molar-refractivity contribution in [2.45, 2.75) is 14.7 Å². The van der Waals surface area contributed by atoms with Crippen LogP contribution < -0.4 is 10.5 Å². The lowest BCUT2D eigenvalue weighted by Crippen LogP contribution is -2.08. The van der Waals surface area contributed by atoms with Gasteiger partial charge in [0.05, 0.1) is 34.9 Å². The number of aromatic nitrogens is 2. The molecule has 0 unspecified atom stereocenters. The minimum absolute atomic E-state index is 0.153. The second-order valence-electron chi connectivity index (χ2n) is 11.9. The van der Waals surface area contributed by atoms with E-state index in [2.05, 4.69) is 30.4 Å². The number of aromatic hydroxyl groups is 2. The number of ether oxygens (including phenoxy) is 1. The van der Waals surface area contributed by atoms with E-state index >= 15 is 0 Å². The largest absolute Gasteiger partial charge is 0.505 e. The van der Waals surface area contributed by atoms with Gasteiger partial charge >= 0.3 is 0 Å². The highest BCUT2D eigenvalue weighted by Crippen LogP contribution is 2.45. The third-order valence-electron chi connectivity index (χ3n) is 8.48. The monoisotopic (exact) mass is 819 g/mol. The van der Waals surface area contributed by atoms with Gasteiger partial charge in [-0.05, 0) is 54.6 Å². The van der Waals surface area contributed by atoms with Crippen LogP contribution in [0.2, 0.25) is 0 Å². The molecule has 19 nitrogen and oxygen atoms in total. The molecule has 1 aromatic heterocycles. The summed E-state index contributed by atoms with van der Waals surface area (Å²) < 4.78 is 108. The predicted molar refractivity (Wildman–Crippen MR) is 202 cm³/mol. The summed E-state index contributed by atoms with van der Waals surface area (Å²) in [5, 5.41) is 37.8. The molecule has 0 bridgehead atoms. The Hall–Kier alpha value is -6.56. The van der Waals surface area contributed by atoms with Gasteiger partial charge < -0.3 is 25.7 Å². The molecule has 0 radical (unpaired) electrons. The first kappa shape index (κ1) is 37.7. The first-order valence-corrected chi connectivity index (χ1v) is 19.9. The fourth-order valence-corrected chi connectivity index (χ4v) is 8.02. The molecule has 7 rings (SSSR count). The molecule has 22 heteroatoms. The average molecular weight is 820 g/mol. The summed E-state index contributed by atoms with van der Waals surface area (Å²) in [6, 6.07) is 19.7. The highest BCUT2D eigenvalue weighted by molar-refractivity contribution is 7.87. The summed E-state index contributed by atoms with van der Waals surface area (Å²) in [4.78, 5) is 4.92. The maximum Gasteiger partial charge on any atom is 0.296 e. The molecule has 0 aliphatic carbocycles. The minimum atomic E-state index is -5.11. The zero-order valence-corrected chi connectivity index (χ0v) is 30.7. The molecular formula is C34H25N7O12S3. The number of phenolic OH excluding ortho intramolecular Hbond substituents is 2. The minimum Gasteiger partial charge on any atom is -0.505 e. The number of H-pyrrole nitrogens is 1. The predicted octanol–water partition coefficient (Wildman–Crippen LogP) is 7.11. The van der Waals surface area contributed by atoms with E-state index in [1.54, 1.807) is 42.5 Å². The number of aromatic amines is 1. The maximum absolute atomic E-state index is 12.5. The van der Waals surface area contributed by atoms with E-state index in [0.717, 1.165) is 18.2 Å². The number of imidazole rings is 1. The van der Waals surface area contributed by atoms with Gasteiger partial charge in [0.15, 0.2) is 11.5 Å². The number of hydrogen-bond donors (Lipinski definition) is 7. The van der Waals surface area contributed by atoms with Gasteiger partial charge in [0, 0.05) is 21.7 Å². The molecule has 7 aromatic rings. The van der Waals surface area contributed by atoms with Crippen molar-refractivity contribution in [3.05, 3.63) is 84.9 Å². The van der Waals surface area contributed by atoms with Crippen LogP contribution in [0, 0.1) is 0 Å². The number of nitrogen functional groups attached to an aromatic ring is 1. The van der Waals surface area contributed by atoms with Crippen molar-refractivity contribution in [3.63, 3.8) is 0 Å². The Labute approximate surface area is 315 Å². The molecule has 0 amide bonds. The quantitative estimate of drug-likeness (QED) is 0.0434. The maximum atomic E-state index is 12.5. The van der Waals surface area contributed by atoms with Gasteiger partial charge in [-0.2, -0.15) is 30.4 Å². The molecule has 0 spiro atoms. The van der Waals surface area contributed by atoms with Crippen LogP contribution in [-0.2, 0) is 30.4 Å². The molecule has 0 aliphatic heterocycles. The number of fused-ring (bicyclic) bond motifs is 4. The SMILES string of the molecule is COc1ccccc1N=Nc1c(S(=O)(=O)O)cc2c(ccc3nc(-c4cccc(N=Nc5ccc6c(S(=O)(=O)O)cc(S(=O)(=O)O)c(N)c6c5O)c4)[nH]c32)c1O. The molecule has 0 saturated carbocycles. The standard InChI is InChI=1S/C34H25N7O12S3/c1-53-24-8-3-2-7-21(24)39-41-31-27(56(50,51)52)14-20-18(32(31)42)9-11-22-30(20)37-34(36-22)16-5-4-6-17(13-16)38-40-23-12-10-19-25(54(44,45)46)15-26(55(47,48)49)29(35)28(19)33(23)43/h2-15,42-43H,35H2,1H3,(H,36,37)(H,44,45,46)(H,47,48,49)(H,50,51,52). The van der Waals surface area contributed by atoms with E-state index in [4.69, 9.17) is 10.5 Å². The summed E-state index contributed by atoms with van der Waals surface area (Å²) in [6.45, 7) is 0. The number of nitrogens with two attached hydrogens (primary N) is 1. The molecule has 0 aliphatic rings. The zero-order chi connectivity index (χ0) is 40.3. The number of phenols is 2. The molecular weight excluding hydrogens is 795 g/mol. The number of azo groups is 2. The number of nitrogens with zero attached hydrogens (tertiary/aromatic N) is 5. The molecule has 0 atom stereocenters. The summed E-state index contributed by atoms with van der Waals surface area (Å²) in [5.74, 6) is -0.810. The lowest BCUT2D eigenvalue weighted by atomic mass is 10.1. The van der Waals surface area contributed by atoms with Gasteiger partial charge in [0.1, 0.15) is 43.3 Å². The van der Waals surface area contributed by atoms with E-state index in [1.165, 1.54) is 25.3 Å². The third-order valence-corrected chi connectivity index (χ3v) is 11.1. The number of anilines is 1. The van der Waals surface area contributed by atoms with Gasteiger partial charge in [-0.1, -0.05) is 30.3 Å². The topological polar surface area (TPSA) is 317 Å². The normalized spacial score (nSPS) is 12.8. The number of benzene rings is 6. The van der Waals surface area contributed by atoms with Gasteiger partial charge in [-0.15, -0.1) is 15.3 Å². The summed E-state index contributed by atoms with van der Waals surface area (Å²) in [6.07, 6.45) is 0. The fraction of sp³-hybridized carbons (Fsp3) is 0.0294. The molecule has 1 heterocycles. The van der Waals surface area contributed by atoms with Crippen molar-refractivity contribution in [3.8, 4) is 28.6 Å². The first-order valence-electron chi connectivity index (χ1n) is 15.6. The smallest absolute Gasteiger partial charge is 0.296 e. The Bertz CT molecular complexity index is 3200. The number of nitrogens with one attached hydrogen (secondary N) is 1. The van der Waals surface area contributed by atoms with Crippen molar-refractivity contribution >= 4 is 91.4 Å². The number of rotatable bonds is 9. The van der Waals surface area contributed by atoms with Crippen LogP contribution in [0.5, 0.6) is 17.2 Å². The van der Waals surface area contributed by atoms with E-state index in [9.17, 15) is 49.1 Å². The Balaban J connectivity index is 1.29. The summed E-state index contributed by atoms with van der Waals surface area (Å²) in [5.41, 5.74) is 5.88. The Morgan fingerprint density at radius 1 is 0.661 bits per heavy atom. The van der Waals surface area contributed by atoms with Crippen LogP contribution >= 0.6 is 0 Å². The van der Waals surface area contributed by atoms with Crippen LogP contribution in [0.15, 0.2) is 120 Å². The van der Waals surface area contributed by atoms with Crippen LogP contribution in [0.1, 0.15) is 0 Å². The number of hydrogen-bond acceptors (Lipinski definition) is 15. The molecule has 56 heavy (non-hydrogen) atoms. The second-order valence-corrected chi connectivity index (χ2v) is 16.1. The van der Waals surface area contributed by atoms with E-state index in [-0.39, 0.29) is 44.6 Å². The zero-order valence-electron chi connectivity index (χ0n) is 28.2. The van der Waals surface area contributed by atoms with Crippen LogP contribution in [-0.4, -0.2) is 66.2 Å². The van der Waals surface area contributed by atoms with Gasteiger partial charge in [0.2, 0.25) is 0 Å².